The van der Waals surface area contributed by atoms with Crippen LogP contribution in [0.4, 0.5) is 0 Å². The second kappa shape index (κ2) is 22.6. The minimum atomic E-state index is -0.304. The molecule has 0 saturated carbocycles. The summed E-state index contributed by atoms with van der Waals surface area (Å²) >= 11 is 23.8. The molecule has 12 nitrogen and oxygen atoms in total. The van der Waals surface area contributed by atoms with Crippen LogP contribution >= 0.6 is 80.1 Å². The molecule has 0 saturated heterocycles. The topological polar surface area (TPSA) is 151 Å². The highest BCUT2D eigenvalue weighted by Gasteiger charge is 2.21. The fourth-order valence-corrected chi connectivity index (χ4v) is 10.4. The summed E-state index contributed by atoms with van der Waals surface area (Å²) in [5.74, 6) is 0.0446. The average Bonchev–Trinajstić information content (AvgIpc) is 4.19. The Morgan fingerprint density at radius 1 is 0.627 bits per heavy atom. The number of carbonyl (C=O) groups excluding carboxylic acids is 2. The first-order valence-corrected chi connectivity index (χ1v) is 25.1. The Kier molecular flexibility index (Phi) is 16.0. The Bertz CT molecular complexity index is 3290. The summed E-state index contributed by atoms with van der Waals surface area (Å²) in [7, 11) is 0. The van der Waals surface area contributed by atoms with E-state index in [9.17, 15) is 19.2 Å². The Hall–Kier alpha value is -6.11. The maximum absolute atomic E-state index is 13.2. The Balaban J connectivity index is 0.000000161. The molecule has 19 heteroatoms. The molecule has 10 aromatic heterocycles. The summed E-state index contributed by atoms with van der Waals surface area (Å²) < 4.78 is 15.9. The van der Waals surface area contributed by atoms with E-state index >= 15 is 0 Å². The zero-order valence-corrected chi connectivity index (χ0v) is 40.6. The first-order chi connectivity index (χ1) is 32.6. The molecule has 0 unspecified atom stereocenters. The van der Waals surface area contributed by atoms with Gasteiger partial charge in [-0.3, -0.25) is 19.2 Å². The van der Waals surface area contributed by atoms with Gasteiger partial charge in [-0.1, -0.05) is 35.3 Å². The van der Waals surface area contributed by atoms with Crippen molar-refractivity contribution in [2.45, 2.75) is 38.1 Å². The highest BCUT2D eigenvalue weighted by atomic mass is 35.5. The van der Waals surface area contributed by atoms with Crippen LogP contribution in [0.15, 0.2) is 164 Å². The van der Waals surface area contributed by atoms with Gasteiger partial charge in [0, 0.05) is 43.3 Å². The van der Waals surface area contributed by atoms with Crippen LogP contribution in [0.25, 0.3) is 22.5 Å². The van der Waals surface area contributed by atoms with Gasteiger partial charge in [0.1, 0.15) is 12.5 Å². The van der Waals surface area contributed by atoms with Crippen molar-refractivity contribution in [3.05, 3.63) is 217 Å². The minimum Gasteiger partial charge on any atom is -0.472 e. The van der Waals surface area contributed by atoms with Gasteiger partial charge in [0.2, 0.25) is 0 Å². The summed E-state index contributed by atoms with van der Waals surface area (Å²) in [4.78, 5) is 58.4. The van der Waals surface area contributed by atoms with Crippen molar-refractivity contribution < 1.29 is 18.4 Å². The van der Waals surface area contributed by atoms with Crippen LogP contribution in [0.3, 0.4) is 0 Å². The van der Waals surface area contributed by atoms with Gasteiger partial charge in [0.15, 0.2) is 0 Å². The summed E-state index contributed by atoms with van der Waals surface area (Å²) in [5.41, 5.74) is 3.60. The average molecular weight is 1030 g/mol. The maximum Gasteiger partial charge on any atom is 0.281 e. The second-order valence-electron chi connectivity index (χ2n) is 14.5. The Morgan fingerprint density at radius 2 is 1.18 bits per heavy atom. The van der Waals surface area contributed by atoms with E-state index in [-0.39, 0.29) is 22.9 Å². The molecule has 10 aromatic rings. The predicted molar refractivity (Wildman–Crippen MR) is 268 cm³/mol. The molecular weight excluding hydrogens is 991 g/mol. The maximum atomic E-state index is 13.2. The number of thiophene rings is 4. The van der Waals surface area contributed by atoms with Crippen molar-refractivity contribution in [3.63, 3.8) is 0 Å². The lowest BCUT2D eigenvalue weighted by molar-refractivity contribution is 0.0933. The number of nitrogens with one attached hydrogen (secondary N) is 1. The quantitative estimate of drug-likeness (QED) is 0.112. The fourth-order valence-electron chi connectivity index (χ4n) is 6.74. The summed E-state index contributed by atoms with van der Waals surface area (Å²) in [6.45, 7) is 0.491. The van der Waals surface area contributed by atoms with Crippen LogP contribution in [-0.4, -0.2) is 40.9 Å². The van der Waals surface area contributed by atoms with Crippen LogP contribution in [0.2, 0.25) is 8.67 Å². The lowest BCUT2D eigenvalue weighted by Gasteiger charge is -2.05. The van der Waals surface area contributed by atoms with E-state index in [2.05, 4.69) is 15.2 Å². The van der Waals surface area contributed by atoms with Gasteiger partial charge in [0.05, 0.1) is 67.3 Å². The lowest BCUT2D eigenvalue weighted by atomic mass is 10.1. The largest absolute Gasteiger partial charge is 0.472 e. The molecule has 10 heterocycles. The number of halogens is 3. The predicted octanol–water partition coefficient (Wildman–Crippen LogP) is 12.1. The van der Waals surface area contributed by atoms with E-state index in [0.29, 0.717) is 83.1 Å². The molecule has 0 aliphatic heterocycles. The van der Waals surface area contributed by atoms with Crippen LogP contribution in [0.1, 0.15) is 51.6 Å². The van der Waals surface area contributed by atoms with Crippen LogP contribution < -0.4 is 11.1 Å². The number of hydrogen-bond acceptors (Lipinski definition) is 12. The van der Waals surface area contributed by atoms with Crippen molar-refractivity contribution in [2.75, 3.05) is 0 Å². The monoisotopic (exact) mass is 1030 g/mol. The summed E-state index contributed by atoms with van der Waals surface area (Å²) in [6.07, 6.45) is 11.6. The third kappa shape index (κ3) is 12.1. The molecule has 0 aliphatic carbocycles. The van der Waals surface area contributed by atoms with E-state index in [1.54, 1.807) is 76.0 Å². The van der Waals surface area contributed by atoms with Gasteiger partial charge in [0.25, 0.3) is 22.9 Å². The first kappa shape index (κ1) is 47.4. The van der Waals surface area contributed by atoms with Gasteiger partial charge in [-0.2, -0.15) is 10.2 Å². The molecular formula is C48H37Cl3N6O6S4. The van der Waals surface area contributed by atoms with Gasteiger partial charge >= 0.3 is 0 Å². The number of nitrogens with zero attached hydrogens (tertiary/aromatic N) is 5. The normalized spacial score (nSPS) is 10.9. The number of furan rings is 2. The number of carbonyl (C=O) groups is 2. The van der Waals surface area contributed by atoms with Gasteiger partial charge < -0.3 is 18.4 Å². The summed E-state index contributed by atoms with van der Waals surface area (Å²) in [6, 6.07) is 29.4. The Labute approximate surface area is 413 Å². The third-order valence-corrected chi connectivity index (χ3v) is 14.8. The number of rotatable bonds is 13. The fraction of sp³-hybridized carbons (Fsp3) is 0.125. The molecule has 0 radical (unpaired) electrons. The Morgan fingerprint density at radius 3 is 1.64 bits per heavy atom. The molecule has 1 N–H and O–H groups in total. The van der Waals surface area contributed by atoms with E-state index in [1.807, 2.05) is 71.4 Å². The SMILES string of the molecule is ClCc1cccs1.O=C(c1ccoc1)n1nc(-c2ccc[nH]c2=O)cc1CCc1ccc(Cl)s1.O=C(c1ccoc1)n1nc(-c2cccn(Cc3cccs3)c2=O)cc1CCc1ccc(Cl)s1. The number of pyridine rings is 2. The standard InChI is InChI=1S/C24H18ClN3O3S2.C19H14ClN3O3S.C5H5ClS/c25-22-8-7-18(33-22)6-5-17-13-21(26-28(17)23(29)16-9-11-31-15-16)20-4-1-10-27(24(20)30)14-19-3-2-12-32-19;20-17-6-5-14(27-17)4-3-13-10-16(15-2-1-8-21-18(15)24)22-23(13)19(25)12-7-9-26-11-12;6-4-5-2-1-3-7-5/h1-4,7-13,15H,5-6,14H2;1-2,5-11H,3-4H2,(H,21,24);1-3H,4H2. The highest BCUT2D eigenvalue weighted by Crippen LogP contribution is 2.26. The highest BCUT2D eigenvalue weighted by molar-refractivity contribution is 7.16. The number of aromatic amines is 1. The zero-order valence-electron chi connectivity index (χ0n) is 35.1. The molecule has 0 amide bonds. The summed E-state index contributed by atoms with van der Waals surface area (Å²) in [5, 5.41) is 13.0. The van der Waals surface area contributed by atoms with Crippen LogP contribution in [-0.2, 0) is 38.1 Å². The molecule has 10 rings (SSSR count). The van der Waals surface area contributed by atoms with Crippen molar-refractivity contribution in [1.29, 1.82) is 0 Å². The zero-order chi connectivity index (χ0) is 46.7. The number of alkyl halides is 1. The van der Waals surface area contributed by atoms with Crippen LogP contribution in [0.5, 0.6) is 0 Å². The molecule has 0 spiro atoms. The van der Waals surface area contributed by atoms with E-state index in [0.717, 1.165) is 23.3 Å². The number of hydrogen-bond donors (Lipinski definition) is 1. The molecule has 0 bridgehead atoms. The van der Waals surface area contributed by atoms with Crippen molar-refractivity contribution >= 4 is 92.0 Å². The first-order valence-electron chi connectivity index (χ1n) is 20.4. The number of aromatic nitrogens is 6. The van der Waals surface area contributed by atoms with E-state index in [1.165, 1.54) is 62.0 Å². The molecule has 0 atom stereocenters. The number of H-pyrrole nitrogens is 1. The van der Waals surface area contributed by atoms with Crippen molar-refractivity contribution in [1.82, 2.24) is 29.1 Å². The van der Waals surface area contributed by atoms with Crippen LogP contribution in [0, 0.1) is 0 Å². The third-order valence-electron chi connectivity index (χ3n) is 10.0. The molecule has 0 aliphatic rings. The van der Waals surface area contributed by atoms with Gasteiger partial charge in [-0.25, -0.2) is 9.36 Å². The molecule has 0 aromatic carbocycles. The van der Waals surface area contributed by atoms with E-state index < -0.39 is 0 Å². The van der Waals surface area contributed by atoms with Gasteiger partial charge in [-0.15, -0.1) is 56.9 Å². The molecule has 0 fully saturated rings. The van der Waals surface area contributed by atoms with Gasteiger partial charge in [-0.05, 0) is 121 Å². The second-order valence-corrected chi connectivity index (χ2v) is 20.4. The van der Waals surface area contributed by atoms with E-state index in [4.69, 9.17) is 43.6 Å². The smallest absolute Gasteiger partial charge is 0.281 e. The molecule has 340 valence electrons. The van der Waals surface area contributed by atoms with Crippen molar-refractivity contribution in [2.24, 2.45) is 0 Å². The molecule has 67 heavy (non-hydrogen) atoms. The van der Waals surface area contributed by atoms with Crippen molar-refractivity contribution in [3.8, 4) is 22.5 Å². The lowest BCUT2D eigenvalue weighted by Crippen LogP contribution is -2.21. The number of aryl methyl sites for hydroxylation is 4. The minimum absolute atomic E-state index is 0.150.